The van der Waals surface area contributed by atoms with Gasteiger partial charge in [0.15, 0.2) is 0 Å². The minimum absolute atomic E-state index is 0.244. The maximum absolute atomic E-state index is 11.9. The number of nitrogens with zero attached hydrogens (tertiary/aromatic N) is 4. The maximum Gasteiger partial charge on any atom is 0.287 e. The molecule has 2 heterocycles. The summed E-state index contributed by atoms with van der Waals surface area (Å²) in [7, 11) is 1.60. The third-order valence-electron chi connectivity index (χ3n) is 4.19. The Hall–Kier alpha value is -2.05. The molecular formula is C17H21ClN4O2. The van der Waals surface area contributed by atoms with Gasteiger partial charge >= 0.3 is 0 Å². The predicted molar refractivity (Wildman–Crippen MR) is 95.1 cm³/mol. The third-order valence-corrected chi connectivity index (χ3v) is 4.55. The van der Waals surface area contributed by atoms with E-state index in [2.05, 4.69) is 14.9 Å². The molecule has 1 aromatic heterocycles. The van der Waals surface area contributed by atoms with Crippen molar-refractivity contribution in [3.05, 3.63) is 51.9 Å². The molecule has 0 bridgehead atoms. The van der Waals surface area contributed by atoms with E-state index in [1.165, 1.54) is 4.68 Å². The molecule has 2 aromatic rings. The van der Waals surface area contributed by atoms with Crippen LogP contribution in [0.5, 0.6) is 5.75 Å². The predicted octanol–water partition coefficient (Wildman–Crippen LogP) is 1.63. The lowest BCUT2D eigenvalue weighted by atomic mass is 10.3. The van der Waals surface area contributed by atoms with E-state index in [0.717, 1.165) is 44.2 Å². The Labute approximate surface area is 146 Å². The number of aryl methyl sites for hydroxylation is 1. The van der Waals surface area contributed by atoms with Crippen molar-refractivity contribution in [3.8, 4) is 5.75 Å². The number of hydrogen-bond acceptors (Lipinski definition) is 5. The van der Waals surface area contributed by atoms with E-state index in [4.69, 9.17) is 16.3 Å². The molecule has 1 aromatic carbocycles. The summed E-state index contributed by atoms with van der Waals surface area (Å²) in [6.07, 6.45) is 1.66. The Morgan fingerprint density at radius 3 is 2.58 bits per heavy atom. The zero-order valence-corrected chi connectivity index (χ0v) is 14.4. The number of piperazine rings is 1. The topological polar surface area (TPSA) is 50.6 Å². The van der Waals surface area contributed by atoms with Crippen LogP contribution < -0.4 is 15.2 Å². The average Bonchev–Trinajstić information content (AvgIpc) is 2.62. The van der Waals surface area contributed by atoms with Gasteiger partial charge in [-0.1, -0.05) is 29.8 Å². The summed E-state index contributed by atoms with van der Waals surface area (Å²) in [6, 6.07) is 9.83. The first-order valence-corrected chi connectivity index (χ1v) is 8.40. The summed E-state index contributed by atoms with van der Waals surface area (Å²) < 4.78 is 6.99. The van der Waals surface area contributed by atoms with E-state index < -0.39 is 0 Å². The Balaban J connectivity index is 1.49. The number of anilines is 1. The van der Waals surface area contributed by atoms with Crippen molar-refractivity contribution in [1.82, 2.24) is 14.7 Å². The highest BCUT2D eigenvalue weighted by molar-refractivity contribution is 6.33. The van der Waals surface area contributed by atoms with Crippen molar-refractivity contribution in [2.45, 2.75) is 0 Å². The van der Waals surface area contributed by atoms with Gasteiger partial charge in [-0.25, -0.2) is 4.68 Å². The van der Waals surface area contributed by atoms with Gasteiger partial charge in [-0.3, -0.25) is 9.69 Å². The summed E-state index contributed by atoms with van der Waals surface area (Å²) in [5, 5.41) is 4.31. The lowest BCUT2D eigenvalue weighted by molar-refractivity contribution is 0.200. The van der Waals surface area contributed by atoms with Crippen LogP contribution in [0.1, 0.15) is 0 Å². The fraction of sp³-hybridized carbons (Fsp3) is 0.412. The largest absolute Gasteiger partial charge is 0.492 e. The van der Waals surface area contributed by atoms with Crippen molar-refractivity contribution >= 4 is 17.3 Å². The molecule has 0 radical (unpaired) electrons. The van der Waals surface area contributed by atoms with Gasteiger partial charge in [-0.05, 0) is 12.1 Å². The summed E-state index contributed by atoms with van der Waals surface area (Å²) in [6.45, 7) is 5.00. The lowest BCUT2D eigenvalue weighted by Crippen LogP contribution is -2.48. The average molecular weight is 349 g/mol. The lowest BCUT2D eigenvalue weighted by Gasteiger charge is -2.36. The monoisotopic (exact) mass is 348 g/mol. The second-order valence-electron chi connectivity index (χ2n) is 5.76. The third kappa shape index (κ3) is 3.88. The fourth-order valence-electron chi connectivity index (χ4n) is 2.74. The standard InChI is InChI=1S/C17H21ClN4O2/c1-20-17(23)16(18)15(13-19-20)22-9-7-21(8-10-22)11-12-24-14-5-3-2-4-6-14/h2-6,13H,7-12H2,1H3. The summed E-state index contributed by atoms with van der Waals surface area (Å²) in [4.78, 5) is 16.4. The number of halogens is 1. The molecule has 1 aliphatic rings. The van der Waals surface area contributed by atoms with Crippen molar-refractivity contribution in [3.63, 3.8) is 0 Å². The van der Waals surface area contributed by atoms with Crippen LogP contribution in [0.15, 0.2) is 41.3 Å². The van der Waals surface area contributed by atoms with E-state index in [0.29, 0.717) is 6.61 Å². The molecule has 0 unspecified atom stereocenters. The highest BCUT2D eigenvalue weighted by Crippen LogP contribution is 2.22. The maximum atomic E-state index is 11.9. The van der Waals surface area contributed by atoms with Gasteiger partial charge in [0.25, 0.3) is 5.56 Å². The molecule has 7 heteroatoms. The van der Waals surface area contributed by atoms with Crippen LogP contribution in [-0.4, -0.2) is 54.0 Å². The molecule has 0 aliphatic carbocycles. The highest BCUT2D eigenvalue weighted by Gasteiger charge is 2.20. The molecule has 0 atom stereocenters. The molecule has 128 valence electrons. The molecule has 3 rings (SSSR count). The van der Waals surface area contributed by atoms with Crippen LogP contribution in [0.4, 0.5) is 5.69 Å². The van der Waals surface area contributed by atoms with Crippen molar-refractivity contribution in [1.29, 1.82) is 0 Å². The van der Waals surface area contributed by atoms with Crippen molar-refractivity contribution in [2.24, 2.45) is 7.05 Å². The molecule has 1 saturated heterocycles. The second-order valence-corrected chi connectivity index (χ2v) is 6.14. The van der Waals surface area contributed by atoms with Gasteiger partial charge in [0.05, 0.1) is 11.9 Å². The fourth-order valence-corrected chi connectivity index (χ4v) is 3.03. The molecule has 1 fully saturated rings. The minimum atomic E-state index is -0.257. The van der Waals surface area contributed by atoms with Crippen molar-refractivity contribution in [2.75, 3.05) is 44.2 Å². The zero-order valence-electron chi connectivity index (χ0n) is 13.7. The van der Waals surface area contributed by atoms with Crippen LogP contribution in [0.25, 0.3) is 0 Å². The molecule has 0 N–H and O–H groups in total. The summed E-state index contributed by atoms with van der Waals surface area (Å²) in [5.41, 5.74) is 0.466. The van der Waals surface area contributed by atoms with Crippen molar-refractivity contribution < 1.29 is 4.74 Å². The molecule has 0 amide bonds. The second kappa shape index (κ2) is 7.68. The number of ether oxygens (including phenoxy) is 1. The quantitative estimate of drug-likeness (QED) is 0.822. The van der Waals surface area contributed by atoms with Crippen LogP contribution in [0.3, 0.4) is 0 Å². The van der Waals surface area contributed by atoms with Crippen LogP contribution in [-0.2, 0) is 7.05 Å². The number of aromatic nitrogens is 2. The molecule has 6 nitrogen and oxygen atoms in total. The van der Waals surface area contributed by atoms with E-state index in [1.807, 2.05) is 30.3 Å². The first-order chi connectivity index (χ1) is 11.6. The van der Waals surface area contributed by atoms with Gasteiger partial charge in [-0.15, -0.1) is 0 Å². The highest BCUT2D eigenvalue weighted by atomic mass is 35.5. The number of hydrogen-bond donors (Lipinski definition) is 0. The molecule has 0 spiro atoms. The number of para-hydroxylation sites is 1. The van der Waals surface area contributed by atoms with Gasteiger partial charge in [0.2, 0.25) is 0 Å². The zero-order chi connectivity index (χ0) is 16.9. The minimum Gasteiger partial charge on any atom is -0.492 e. The Bertz CT molecular complexity index is 727. The van der Waals surface area contributed by atoms with E-state index in [9.17, 15) is 4.79 Å². The molecule has 0 saturated carbocycles. The van der Waals surface area contributed by atoms with Crippen LogP contribution in [0.2, 0.25) is 5.02 Å². The Kier molecular flexibility index (Phi) is 5.37. The summed E-state index contributed by atoms with van der Waals surface area (Å²) in [5.74, 6) is 0.897. The summed E-state index contributed by atoms with van der Waals surface area (Å²) >= 11 is 6.17. The normalized spacial score (nSPS) is 15.5. The number of benzene rings is 1. The SMILES string of the molecule is Cn1ncc(N2CCN(CCOc3ccccc3)CC2)c(Cl)c1=O. The van der Waals surface area contributed by atoms with Gasteiger partial charge < -0.3 is 9.64 Å². The number of rotatable bonds is 5. The van der Waals surface area contributed by atoms with Gasteiger partial charge in [0, 0.05) is 39.8 Å². The smallest absolute Gasteiger partial charge is 0.287 e. The Morgan fingerprint density at radius 2 is 1.88 bits per heavy atom. The van der Waals surface area contributed by atoms with E-state index in [-0.39, 0.29) is 10.6 Å². The first-order valence-electron chi connectivity index (χ1n) is 8.02. The molecular weight excluding hydrogens is 328 g/mol. The Morgan fingerprint density at radius 1 is 1.17 bits per heavy atom. The van der Waals surface area contributed by atoms with E-state index in [1.54, 1.807) is 13.2 Å². The van der Waals surface area contributed by atoms with Gasteiger partial charge in [0.1, 0.15) is 17.4 Å². The van der Waals surface area contributed by atoms with E-state index >= 15 is 0 Å². The van der Waals surface area contributed by atoms with Crippen LogP contribution in [0, 0.1) is 0 Å². The van der Waals surface area contributed by atoms with Gasteiger partial charge in [-0.2, -0.15) is 5.10 Å². The first kappa shape index (κ1) is 16.8. The molecule has 1 aliphatic heterocycles. The van der Waals surface area contributed by atoms with Crippen LogP contribution >= 0.6 is 11.6 Å². The molecule has 24 heavy (non-hydrogen) atoms.